The summed E-state index contributed by atoms with van der Waals surface area (Å²) in [5.41, 5.74) is 5.87. The molecule has 0 aliphatic rings. The molecule has 0 saturated carbocycles. The van der Waals surface area contributed by atoms with Gasteiger partial charge >= 0.3 is 0 Å². The van der Waals surface area contributed by atoms with Crippen molar-refractivity contribution < 1.29 is 9.13 Å². The molecular weight excluding hydrogens is 387 g/mol. The molecule has 164 valence electrons. The van der Waals surface area contributed by atoms with E-state index in [9.17, 15) is 4.39 Å². The smallest absolute Gasteiger partial charge is 0.148 e. The second-order valence-corrected chi connectivity index (χ2v) is 9.15. The number of halogens is 1. The van der Waals surface area contributed by atoms with Crippen molar-refractivity contribution in [3.63, 3.8) is 0 Å². The lowest BCUT2D eigenvalue weighted by Crippen LogP contribution is -2.21. The van der Waals surface area contributed by atoms with E-state index in [0.717, 1.165) is 29.4 Å². The van der Waals surface area contributed by atoms with Crippen molar-refractivity contribution in [2.45, 2.75) is 58.6 Å². The third-order valence-corrected chi connectivity index (χ3v) is 6.68. The minimum absolute atomic E-state index is 0.0361. The van der Waals surface area contributed by atoms with Gasteiger partial charge in [-0.2, -0.15) is 0 Å². The van der Waals surface area contributed by atoms with Crippen molar-refractivity contribution in [3.05, 3.63) is 71.3 Å². The molecule has 0 fully saturated rings. The lowest BCUT2D eigenvalue weighted by atomic mass is 9.92. The SMILES string of the molecule is COC(CC(C)c1cccc2c1c(F)cn2C)Cn1c(C)cc2c(C(C)C)cccc21. The third kappa shape index (κ3) is 3.89. The Morgan fingerprint density at radius 3 is 2.35 bits per heavy atom. The molecule has 4 heteroatoms. The molecule has 2 atom stereocenters. The summed E-state index contributed by atoms with van der Waals surface area (Å²) >= 11 is 0. The maximum absolute atomic E-state index is 14.6. The first-order chi connectivity index (χ1) is 14.8. The van der Waals surface area contributed by atoms with Crippen molar-refractivity contribution in [1.29, 1.82) is 0 Å². The fourth-order valence-electron chi connectivity index (χ4n) is 4.98. The third-order valence-electron chi connectivity index (χ3n) is 6.68. The Morgan fingerprint density at radius 1 is 1.00 bits per heavy atom. The first-order valence-electron chi connectivity index (χ1n) is 11.2. The van der Waals surface area contributed by atoms with Gasteiger partial charge in [-0.1, -0.05) is 45.0 Å². The molecule has 0 spiro atoms. The van der Waals surface area contributed by atoms with E-state index in [2.05, 4.69) is 56.5 Å². The number of fused-ring (bicyclic) bond motifs is 2. The molecule has 0 aliphatic heterocycles. The summed E-state index contributed by atoms with van der Waals surface area (Å²) in [6.45, 7) is 9.60. The molecule has 0 N–H and O–H groups in total. The highest BCUT2D eigenvalue weighted by atomic mass is 19.1. The van der Waals surface area contributed by atoms with Gasteiger partial charge < -0.3 is 13.9 Å². The van der Waals surface area contributed by atoms with E-state index in [0.29, 0.717) is 5.92 Å². The lowest BCUT2D eigenvalue weighted by Gasteiger charge is -2.23. The number of hydrogen-bond donors (Lipinski definition) is 0. The van der Waals surface area contributed by atoms with Crippen LogP contribution in [0.25, 0.3) is 21.8 Å². The molecule has 0 bridgehead atoms. The van der Waals surface area contributed by atoms with E-state index in [-0.39, 0.29) is 17.8 Å². The molecule has 0 amide bonds. The van der Waals surface area contributed by atoms with Crippen molar-refractivity contribution >= 4 is 21.8 Å². The zero-order chi connectivity index (χ0) is 22.3. The average Bonchev–Trinajstić information content (AvgIpc) is 3.22. The van der Waals surface area contributed by atoms with Crippen LogP contribution >= 0.6 is 0 Å². The summed E-state index contributed by atoms with van der Waals surface area (Å²) in [4.78, 5) is 0. The number of rotatable bonds is 7. The molecule has 31 heavy (non-hydrogen) atoms. The number of nitrogens with zero attached hydrogens (tertiary/aromatic N) is 2. The van der Waals surface area contributed by atoms with Crippen LogP contribution in [0.5, 0.6) is 0 Å². The highest BCUT2D eigenvalue weighted by Gasteiger charge is 2.21. The monoisotopic (exact) mass is 420 g/mol. The summed E-state index contributed by atoms with van der Waals surface area (Å²) in [5, 5.41) is 2.06. The van der Waals surface area contributed by atoms with E-state index >= 15 is 0 Å². The summed E-state index contributed by atoms with van der Waals surface area (Å²) in [6, 6.07) is 14.9. The van der Waals surface area contributed by atoms with Gasteiger partial charge in [-0.15, -0.1) is 0 Å². The molecule has 2 unspecified atom stereocenters. The summed E-state index contributed by atoms with van der Waals surface area (Å²) < 4.78 is 24.8. The Labute approximate surface area is 184 Å². The molecule has 0 saturated heterocycles. The zero-order valence-corrected chi connectivity index (χ0v) is 19.4. The second-order valence-electron chi connectivity index (χ2n) is 9.15. The first-order valence-corrected chi connectivity index (χ1v) is 11.2. The van der Waals surface area contributed by atoms with Crippen LogP contribution in [0.15, 0.2) is 48.7 Å². The molecule has 0 aliphatic carbocycles. The fraction of sp³-hybridized carbons (Fsp3) is 0.407. The lowest BCUT2D eigenvalue weighted by molar-refractivity contribution is 0.0763. The van der Waals surface area contributed by atoms with Gasteiger partial charge in [0.15, 0.2) is 0 Å². The molecule has 4 aromatic rings. The van der Waals surface area contributed by atoms with Crippen LogP contribution in [-0.4, -0.2) is 22.3 Å². The molecular formula is C27H33FN2O. The Bertz CT molecular complexity index is 1220. The number of benzene rings is 2. The normalized spacial score (nSPS) is 14.1. The predicted octanol–water partition coefficient (Wildman–Crippen LogP) is 6.91. The van der Waals surface area contributed by atoms with Gasteiger partial charge in [0.25, 0.3) is 0 Å². The second kappa shape index (κ2) is 8.51. The van der Waals surface area contributed by atoms with Gasteiger partial charge in [-0.25, -0.2) is 4.39 Å². The Kier molecular flexibility index (Phi) is 5.94. The molecule has 4 rings (SSSR count). The van der Waals surface area contributed by atoms with Crippen molar-refractivity contribution in [2.24, 2.45) is 7.05 Å². The Morgan fingerprint density at radius 2 is 1.68 bits per heavy atom. The standard InChI is InChI=1S/C27H33FN2O/c1-17(2)21-9-7-11-25-23(21)14-19(4)30(25)15-20(31-6)13-18(3)22-10-8-12-26-27(22)24(28)16-29(26)5/h7-12,14,16-18,20H,13,15H2,1-6H3. The van der Waals surface area contributed by atoms with Crippen molar-refractivity contribution in [1.82, 2.24) is 9.13 Å². The van der Waals surface area contributed by atoms with Gasteiger partial charge in [0.1, 0.15) is 5.82 Å². The largest absolute Gasteiger partial charge is 0.380 e. The summed E-state index contributed by atoms with van der Waals surface area (Å²) in [5.74, 6) is 0.514. The molecule has 2 aromatic heterocycles. The summed E-state index contributed by atoms with van der Waals surface area (Å²) in [6.07, 6.45) is 2.43. The minimum atomic E-state index is -0.151. The number of ether oxygens (including phenoxy) is 1. The van der Waals surface area contributed by atoms with Gasteiger partial charge in [-0.05, 0) is 54.5 Å². The van der Waals surface area contributed by atoms with Gasteiger partial charge in [0.2, 0.25) is 0 Å². The van der Waals surface area contributed by atoms with Crippen molar-refractivity contribution in [3.8, 4) is 0 Å². The van der Waals surface area contributed by atoms with Gasteiger partial charge in [-0.3, -0.25) is 0 Å². The van der Waals surface area contributed by atoms with Crippen LogP contribution in [0, 0.1) is 12.7 Å². The van der Waals surface area contributed by atoms with E-state index in [1.807, 2.05) is 29.8 Å². The molecule has 0 radical (unpaired) electrons. The topological polar surface area (TPSA) is 19.1 Å². The zero-order valence-electron chi connectivity index (χ0n) is 19.4. The van der Waals surface area contributed by atoms with Crippen molar-refractivity contribution in [2.75, 3.05) is 7.11 Å². The van der Waals surface area contributed by atoms with Crippen LogP contribution in [0.1, 0.15) is 55.8 Å². The predicted molar refractivity (Wildman–Crippen MR) is 127 cm³/mol. The quantitative estimate of drug-likeness (QED) is 0.318. The Hall–Kier alpha value is -2.59. The number of hydrogen-bond acceptors (Lipinski definition) is 1. The fourth-order valence-corrected chi connectivity index (χ4v) is 4.98. The minimum Gasteiger partial charge on any atom is -0.380 e. The first kappa shape index (κ1) is 21.6. The van der Waals surface area contributed by atoms with Crippen LogP contribution < -0.4 is 0 Å². The van der Waals surface area contributed by atoms with E-state index in [1.54, 1.807) is 13.3 Å². The van der Waals surface area contributed by atoms with Crippen LogP contribution in [-0.2, 0) is 18.3 Å². The summed E-state index contributed by atoms with van der Waals surface area (Å²) in [7, 11) is 3.67. The Balaban J connectivity index is 1.63. The number of aryl methyl sites for hydroxylation is 2. The molecule has 2 aromatic carbocycles. The van der Waals surface area contributed by atoms with Gasteiger partial charge in [0, 0.05) is 48.9 Å². The average molecular weight is 421 g/mol. The van der Waals surface area contributed by atoms with E-state index < -0.39 is 0 Å². The van der Waals surface area contributed by atoms with Crippen LogP contribution in [0.2, 0.25) is 0 Å². The number of methoxy groups -OCH3 is 1. The maximum atomic E-state index is 14.6. The highest BCUT2D eigenvalue weighted by molar-refractivity contribution is 5.86. The van der Waals surface area contributed by atoms with Crippen LogP contribution in [0.4, 0.5) is 4.39 Å². The molecule has 2 heterocycles. The van der Waals surface area contributed by atoms with E-state index in [1.165, 1.54) is 22.2 Å². The van der Waals surface area contributed by atoms with E-state index in [4.69, 9.17) is 4.74 Å². The molecule has 3 nitrogen and oxygen atoms in total. The maximum Gasteiger partial charge on any atom is 0.148 e. The highest BCUT2D eigenvalue weighted by Crippen LogP contribution is 2.33. The van der Waals surface area contributed by atoms with Gasteiger partial charge in [0.05, 0.1) is 11.6 Å². The number of aromatic nitrogens is 2. The van der Waals surface area contributed by atoms with Crippen LogP contribution in [0.3, 0.4) is 0 Å².